The second-order valence-electron chi connectivity index (χ2n) is 3.79. The maximum absolute atomic E-state index is 11.2. The summed E-state index contributed by atoms with van der Waals surface area (Å²) < 4.78 is 0. The fourth-order valence-electron chi connectivity index (χ4n) is 1.03. The Morgan fingerprint density at radius 3 is 2.83 bits per heavy atom. The van der Waals surface area contributed by atoms with E-state index < -0.39 is 0 Å². The van der Waals surface area contributed by atoms with Gasteiger partial charge in [0.15, 0.2) is 0 Å². The Hall–Kier alpha value is -0.570. The number of nitrogens with two attached hydrogens (primary N) is 1. The van der Waals surface area contributed by atoms with E-state index in [2.05, 4.69) is 5.32 Å². The lowest BCUT2D eigenvalue weighted by molar-refractivity contribution is -0.121. The first-order chi connectivity index (χ1) is 5.72. The number of amides is 1. The summed E-state index contributed by atoms with van der Waals surface area (Å²) in [7, 11) is 0. The van der Waals surface area contributed by atoms with E-state index in [9.17, 15) is 4.79 Å². The number of nitrogens with one attached hydrogen (secondary N) is 1. The second-order valence-corrected chi connectivity index (χ2v) is 3.79. The molecule has 1 rings (SSSR count). The molecule has 0 heterocycles. The van der Waals surface area contributed by atoms with Gasteiger partial charge in [0, 0.05) is 13.0 Å². The third-order valence-electron chi connectivity index (χ3n) is 2.22. The van der Waals surface area contributed by atoms with Gasteiger partial charge in [-0.15, -0.1) is 0 Å². The van der Waals surface area contributed by atoms with Crippen molar-refractivity contribution in [2.75, 3.05) is 13.1 Å². The summed E-state index contributed by atoms with van der Waals surface area (Å²) in [6.45, 7) is 3.41. The molecule has 3 heteroatoms. The van der Waals surface area contributed by atoms with Crippen LogP contribution in [0.4, 0.5) is 0 Å². The highest BCUT2D eigenvalue weighted by Gasteiger charge is 2.24. The molecule has 1 fully saturated rings. The number of rotatable bonds is 5. The van der Waals surface area contributed by atoms with Crippen molar-refractivity contribution in [3.05, 3.63) is 0 Å². The molecular weight excluding hydrogens is 152 g/mol. The zero-order valence-electron chi connectivity index (χ0n) is 7.68. The minimum absolute atomic E-state index is 0.192. The summed E-state index contributed by atoms with van der Waals surface area (Å²) in [6, 6.07) is 0. The van der Waals surface area contributed by atoms with Crippen LogP contribution in [-0.4, -0.2) is 19.0 Å². The molecule has 0 aliphatic heterocycles. The average Bonchev–Trinajstić information content (AvgIpc) is 2.84. The Morgan fingerprint density at radius 1 is 1.67 bits per heavy atom. The SMILES string of the molecule is CC(CN)CNC(=O)CC1CC1. The third-order valence-corrected chi connectivity index (χ3v) is 2.22. The van der Waals surface area contributed by atoms with Gasteiger partial charge in [-0.1, -0.05) is 6.92 Å². The molecule has 0 bridgehead atoms. The number of hydrogen-bond donors (Lipinski definition) is 2. The Kier molecular flexibility index (Phi) is 3.53. The molecule has 3 N–H and O–H groups in total. The Balaban J connectivity index is 2.00. The van der Waals surface area contributed by atoms with Gasteiger partial charge in [-0.2, -0.15) is 0 Å². The van der Waals surface area contributed by atoms with Crippen molar-refractivity contribution in [2.45, 2.75) is 26.2 Å². The summed E-state index contributed by atoms with van der Waals surface area (Å²) in [5.41, 5.74) is 5.42. The lowest BCUT2D eigenvalue weighted by Crippen LogP contribution is -2.31. The molecule has 12 heavy (non-hydrogen) atoms. The summed E-state index contributed by atoms with van der Waals surface area (Å²) in [4.78, 5) is 11.2. The van der Waals surface area contributed by atoms with Crippen LogP contribution >= 0.6 is 0 Å². The molecule has 0 aromatic heterocycles. The van der Waals surface area contributed by atoms with Crippen LogP contribution in [0.25, 0.3) is 0 Å². The van der Waals surface area contributed by atoms with Gasteiger partial charge < -0.3 is 11.1 Å². The van der Waals surface area contributed by atoms with Crippen LogP contribution in [0.1, 0.15) is 26.2 Å². The second kappa shape index (κ2) is 4.45. The van der Waals surface area contributed by atoms with E-state index in [-0.39, 0.29) is 5.91 Å². The Labute approximate surface area is 73.7 Å². The predicted molar refractivity (Wildman–Crippen MR) is 48.6 cm³/mol. The zero-order chi connectivity index (χ0) is 8.97. The summed E-state index contributed by atoms with van der Waals surface area (Å²) in [5.74, 6) is 1.27. The highest BCUT2D eigenvalue weighted by molar-refractivity contribution is 5.76. The summed E-state index contributed by atoms with van der Waals surface area (Å²) in [5, 5.41) is 2.89. The smallest absolute Gasteiger partial charge is 0.220 e. The molecule has 0 spiro atoms. The third kappa shape index (κ3) is 3.72. The lowest BCUT2D eigenvalue weighted by atomic mass is 10.2. The minimum Gasteiger partial charge on any atom is -0.356 e. The molecule has 0 radical (unpaired) electrons. The van der Waals surface area contributed by atoms with Gasteiger partial charge in [-0.25, -0.2) is 0 Å². The molecule has 0 aromatic rings. The number of carbonyl (C=O) groups excluding carboxylic acids is 1. The highest BCUT2D eigenvalue weighted by Crippen LogP contribution is 2.31. The van der Waals surface area contributed by atoms with Gasteiger partial charge in [0.1, 0.15) is 0 Å². The van der Waals surface area contributed by atoms with Gasteiger partial charge in [-0.3, -0.25) is 4.79 Å². The first-order valence-electron chi connectivity index (χ1n) is 4.69. The van der Waals surface area contributed by atoms with Gasteiger partial charge in [0.25, 0.3) is 0 Å². The molecule has 1 saturated carbocycles. The predicted octanol–water partition coefficient (Wildman–Crippen LogP) is 0.497. The van der Waals surface area contributed by atoms with E-state index in [0.717, 1.165) is 13.0 Å². The van der Waals surface area contributed by atoms with Crippen molar-refractivity contribution in [3.63, 3.8) is 0 Å². The zero-order valence-corrected chi connectivity index (χ0v) is 7.68. The van der Waals surface area contributed by atoms with Gasteiger partial charge in [0.2, 0.25) is 5.91 Å². The van der Waals surface area contributed by atoms with Crippen LogP contribution in [0, 0.1) is 11.8 Å². The molecule has 70 valence electrons. The molecule has 0 saturated heterocycles. The van der Waals surface area contributed by atoms with Crippen molar-refractivity contribution >= 4 is 5.91 Å². The maximum Gasteiger partial charge on any atom is 0.220 e. The highest BCUT2D eigenvalue weighted by atomic mass is 16.1. The standard InChI is InChI=1S/C9H18N2O/c1-7(5-10)6-11-9(12)4-8-2-3-8/h7-8H,2-6,10H2,1H3,(H,11,12). The lowest BCUT2D eigenvalue weighted by Gasteiger charge is -2.09. The van der Waals surface area contributed by atoms with Gasteiger partial charge in [-0.05, 0) is 31.2 Å². The summed E-state index contributed by atoms with van der Waals surface area (Å²) >= 11 is 0. The van der Waals surface area contributed by atoms with Crippen LogP contribution in [0.3, 0.4) is 0 Å². The van der Waals surface area contributed by atoms with E-state index >= 15 is 0 Å². The average molecular weight is 170 g/mol. The quantitative estimate of drug-likeness (QED) is 0.631. The van der Waals surface area contributed by atoms with Crippen LogP contribution in [0.2, 0.25) is 0 Å². The molecule has 1 aliphatic carbocycles. The van der Waals surface area contributed by atoms with E-state index in [1.807, 2.05) is 6.92 Å². The molecule has 1 atom stereocenters. The van der Waals surface area contributed by atoms with Crippen molar-refractivity contribution in [3.8, 4) is 0 Å². The fourth-order valence-corrected chi connectivity index (χ4v) is 1.03. The molecule has 3 nitrogen and oxygen atoms in total. The van der Waals surface area contributed by atoms with Crippen molar-refractivity contribution in [2.24, 2.45) is 17.6 Å². The molecule has 0 aromatic carbocycles. The van der Waals surface area contributed by atoms with E-state index in [4.69, 9.17) is 5.73 Å². The molecule has 1 aliphatic rings. The number of hydrogen-bond acceptors (Lipinski definition) is 2. The summed E-state index contributed by atoms with van der Waals surface area (Å²) in [6.07, 6.45) is 3.19. The monoisotopic (exact) mass is 170 g/mol. The normalized spacial score (nSPS) is 18.8. The van der Waals surface area contributed by atoms with E-state index in [0.29, 0.717) is 18.4 Å². The maximum atomic E-state index is 11.2. The minimum atomic E-state index is 0.192. The topological polar surface area (TPSA) is 55.1 Å². The van der Waals surface area contributed by atoms with Gasteiger partial charge >= 0.3 is 0 Å². The van der Waals surface area contributed by atoms with E-state index in [1.165, 1.54) is 12.8 Å². The van der Waals surface area contributed by atoms with Crippen LogP contribution < -0.4 is 11.1 Å². The molecule has 1 amide bonds. The van der Waals surface area contributed by atoms with Crippen molar-refractivity contribution in [1.82, 2.24) is 5.32 Å². The number of carbonyl (C=O) groups is 1. The molecular formula is C9H18N2O. The van der Waals surface area contributed by atoms with E-state index in [1.54, 1.807) is 0 Å². The largest absolute Gasteiger partial charge is 0.356 e. The van der Waals surface area contributed by atoms with Crippen molar-refractivity contribution in [1.29, 1.82) is 0 Å². The van der Waals surface area contributed by atoms with Crippen LogP contribution in [0.15, 0.2) is 0 Å². The molecule has 1 unspecified atom stereocenters. The Morgan fingerprint density at radius 2 is 2.33 bits per heavy atom. The first-order valence-corrected chi connectivity index (χ1v) is 4.69. The first kappa shape index (κ1) is 9.52. The van der Waals surface area contributed by atoms with Crippen LogP contribution in [-0.2, 0) is 4.79 Å². The Bertz CT molecular complexity index is 155. The van der Waals surface area contributed by atoms with Crippen LogP contribution in [0.5, 0.6) is 0 Å². The van der Waals surface area contributed by atoms with Gasteiger partial charge in [0.05, 0.1) is 0 Å². The fraction of sp³-hybridized carbons (Fsp3) is 0.889. The van der Waals surface area contributed by atoms with Crippen molar-refractivity contribution < 1.29 is 4.79 Å².